The lowest BCUT2D eigenvalue weighted by Crippen LogP contribution is -2.18. The Morgan fingerprint density at radius 2 is 2.00 bits per heavy atom. The van der Waals surface area contributed by atoms with E-state index in [2.05, 4.69) is 31.0 Å². The fourth-order valence-corrected chi connectivity index (χ4v) is 1.85. The smallest absolute Gasteiger partial charge is 0.404 e. The van der Waals surface area contributed by atoms with E-state index in [0.717, 1.165) is 0 Å². The predicted octanol–water partition coefficient (Wildman–Crippen LogP) is 4.36. The van der Waals surface area contributed by atoms with Crippen molar-refractivity contribution in [3.05, 3.63) is 46.6 Å². The molecule has 0 aliphatic rings. The van der Waals surface area contributed by atoms with E-state index in [1.54, 1.807) is 12.1 Å². The van der Waals surface area contributed by atoms with Crippen LogP contribution in [0.3, 0.4) is 0 Å². The lowest BCUT2D eigenvalue weighted by Gasteiger charge is -2.14. The number of halogens is 4. The Labute approximate surface area is 126 Å². The van der Waals surface area contributed by atoms with Gasteiger partial charge in [0.05, 0.1) is 5.69 Å². The maximum Gasteiger partial charge on any atom is 0.573 e. The minimum absolute atomic E-state index is 0.0816. The predicted molar refractivity (Wildman–Crippen MR) is 73.1 cm³/mol. The first-order chi connectivity index (χ1) is 9.87. The molecule has 1 aromatic carbocycles. The quantitative estimate of drug-likeness (QED) is 0.886. The molecule has 0 aliphatic heterocycles. The molecule has 0 saturated heterocycles. The van der Waals surface area contributed by atoms with Gasteiger partial charge in [0, 0.05) is 4.47 Å². The van der Waals surface area contributed by atoms with Gasteiger partial charge in [0.1, 0.15) is 17.6 Å². The Balaban J connectivity index is 2.33. The summed E-state index contributed by atoms with van der Waals surface area (Å²) < 4.78 is 41.6. The van der Waals surface area contributed by atoms with Crippen molar-refractivity contribution in [1.29, 1.82) is 5.26 Å². The van der Waals surface area contributed by atoms with Crippen LogP contribution in [0.4, 0.5) is 24.7 Å². The topological polar surface area (TPSA) is 57.9 Å². The molecule has 0 aliphatic carbocycles. The van der Waals surface area contributed by atoms with Crippen molar-refractivity contribution in [2.45, 2.75) is 6.36 Å². The first-order valence-electron chi connectivity index (χ1n) is 5.57. The molecule has 0 amide bonds. The maximum atomic E-state index is 12.4. The molecule has 2 rings (SSSR count). The fraction of sp³-hybridized carbons (Fsp3) is 0.0769. The third kappa shape index (κ3) is 4.36. The third-order valence-electron chi connectivity index (χ3n) is 2.30. The summed E-state index contributed by atoms with van der Waals surface area (Å²) in [5.41, 5.74) is 0.230. The van der Waals surface area contributed by atoms with E-state index in [1.165, 1.54) is 24.3 Å². The number of nitrogens with one attached hydrogen (secondary N) is 1. The largest absolute Gasteiger partial charge is 0.573 e. The Kier molecular flexibility index (Phi) is 4.33. The summed E-state index contributed by atoms with van der Waals surface area (Å²) in [6, 6.07) is 10.6. The molecule has 0 atom stereocenters. The number of aromatic nitrogens is 1. The zero-order valence-electron chi connectivity index (χ0n) is 10.3. The van der Waals surface area contributed by atoms with Crippen LogP contribution in [0.2, 0.25) is 0 Å². The van der Waals surface area contributed by atoms with Gasteiger partial charge in [-0.05, 0) is 30.3 Å². The number of nitrogens with zero attached hydrogens (tertiary/aromatic N) is 2. The van der Waals surface area contributed by atoms with Crippen LogP contribution in [0.15, 0.2) is 40.9 Å². The highest BCUT2D eigenvalue weighted by molar-refractivity contribution is 9.10. The highest BCUT2D eigenvalue weighted by atomic mass is 79.9. The Hall–Kier alpha value is -2.27. The Bertz CT molecular complexity index is 698. The first kappa shape index (κ1) is 15.1. The van der Waals surface area contributed by atoms with Gasteiger partial charge < -0.3 is 10.1 Å². The van der Waals surface area contributed by atoms with Gasteiger partial charge in [0.25, 0.3) is 0 Å². The highest BCUT2D eigenvalue weighted by Crippen LogP contribution is 2.34. The van der Waals surface area contributed by atoms with E-state index in [1.807, 2.05) is 6.07 Å². The number of ether oxygens (including phenoxy) is 1. The number of rotatable bonds is 3. The monoisotopic (exact) mass is 357 g/mol. The number of alkyl halides is 3. The number of benzene rings is 1. The highest BCUT2D eigenvalue weighted by Gasteiger charge is 2.32. The summed E-state index contributed by atoms with van der Waals surface area (Å²) in [7, 11) is 0. The standard InChI is InChI=1S/C13H7BrF3N3O/c14-8-4-5-10(11(6-8)21-13(15,16)17)20-12-3-1-2-9(7-18)19-12/h1-6H,(H,19,20). The van der Waals surface area contributed by atoms with Crippen LogP contribution in [-0.4, -0.2) is 11.3 Å². The molecule has 0 fully saturated rings. The summed E-state index contributed by atoms with van der Waals surface area (Å²) in [5, 5.41) is 11.4. The van der Waals surface area contributed by atoms with E-state index in [9.17, 15) is 13.2 Å². The summed E-state index contributed by atoms with van der Waals surface area (Å²) in [6.45, 7) is 0. The number of anilines is 2. The van der Waals surface area contributed by atoms with Gasteiger partial charge in [-0.15, -0.1) is 13.2 Å². The average molecular weight is 358 g/mol. The second-order valence-electron chi connectivity index (χ2n) is 3.83. The summed E-state index contributed by atoms with van der Waals surface area (Å²) in [6.07, 6.45) is -4.81. The lowest BCUT2D eigenvalue weighted by atomic mass is 10.3. The van der Waals surface area contributed by atoms with Gasteiger partial charge in [-0.25, -0.2) is 4.98 Å². The van der Waals surface area contributed by atoms with Crippen LogP contribution in [0.1, 0.15) is 5.69 Å². The summed E-state index contributed by atoms with van der Waals surface area (Å²) in [4.78, 5) is 3.93. The van der Waals surface area contributed by atoms with Crippen LogP contribution in [0.5, 0.6) is 5.75 Å². The zero-order chi connectivity index (χ0) is 15.5. The van der Waals surface area contributed by atoms with Crippen LogP contribution in [-0.2, 0) is 0 Å². The Morgan fingerprint density at radius 1 is 1.24 bits per heavy atom. The van der Waals surface area contributed by atoms with E-state index >= 15 is 0 Å². The number of pyridine rings is 1. The van der Waals surface area contributed by atoms with E-state index in [-0.39, 0.29) is 17.2 Å². The van der Waals surface area contributed by atoms with Gasteiger partial charge in [0.15, 0.2) is 5.75 Å². The van der Waals surface area contributed by atoms with Crippen molar-refractivity contribution in [1.82, 2.24) is 4.98 Å². The molecule has 1 N–H and O–H groups in total. The number of hydrogen-bond acceptors (Lipinski definition) is 4. The van der Waals surface area contributed by atoms with Crippen LogP contribution in [0.25, 0.3) is 0 Å². The first-order valence-corrected chi connectivity index (χ1v) is 6.36. The van der Waals surface area contributed by atoms with E-state index < -0.39 is 12.1 Å². The van der Waals surface area contributed by atoms with Crippen LogP contribution < -0.4 is 10.1 Å². The molecule has 108 valence electrons. The molecule has 2 aromatic rings. The number of hydrogen-bond donors (Lipinski definition) is 1. The van der Waals surface area contributed by atoms with E-state index in [4.69, 9.17) is 5.26 Å². The number of nitriles is 1. The van der Waals surface area contributed by atoms with Gasteiger partial charge in [-0.3, -0.25) is 0 Å². The zero-order valence-corrected chi connectivity index (χ0v) is 11.9. The maximum absolute atomic E-state index is 12.4. The molecule has 8 heteroatoms. The second-order valence-corrected chi connectivity index (χ2v) is 4.75. The van der Waals surface area contributed by atoms with Gasteiger partial charge in [-0.2, -0.15) is 5.26 Å². The van der Waals surface area contributed by atoms with Crippen molar-refractivity contribution in [3.8, 4) is 11.8 Å². The minimum Gasteiger partial charge on any atom is -0.404 e. The molecule has 0 spiro atoms. The lowest BCUT2D eigenvalue weighted by molar-refractivity contribution is -0.274. The second kappa shape index (κ2) is 6.01. The minimum atomic E-state index is -4.81. The molecule has 0 unspecified atom stereocenters. The van der Waals surface area contributed by atoms with Gasteiger partial charge >= 0.3 is 6.36 Å². The van der Waals surface area contributed by atoms with Gasteiger partial charge in [0.2, 0.25) is 0 Å². The van der Waals surface area contributed by atoms with Crippen molar-refractivity contribution in [2.24, 2.45) is 0 Å². The molecule has 4 nitrogen and oxygen atoms in total. The molecule has 0 radical (unpaired) electrons. The van der Waals surface area contributed by atoms with Crippen molar-refractivity contribution in [2.75, 3.05) is 5.32 Å². The van der Waals surface area contributed by atoms with Crippen molar-refractivity contribution < 1.29 is 17.9 Å². The fourth-order valence-electron chi connectivity index (χ4n) is 1.51. The summed E-state index contributed by atoms with van der Waals surface area (Å²) in [5.74, 6) is -0.163. The van der Waals surface area contributed by atoms with E-state index in [0.29, 0.717) is 4.47 Å². The van der Waals surface area contributed by atoms with Crippen molar-refractivity contribution in [3.63, 3.8) is 0 Å². The van der Waals surface area contributed by atoms with Crippen LogP contribution in [0, 0.1) is 11.3 Å². The van der Waals surface area contributed by atoms with Gasteiger partial charge in [-0.1, -0.05) is 22.0 Å². The molecular formula is C13H7BrF3N3O. The molecule has 0 bridgehead atoms. The molecule has 1 heterocycles. The molecule has 0 saturated carbocycles. The molecular weight excluding hydrogens is 351 g/mol. The normalized spacial score (nSPS) is 10.8. The Morgan fingerprint density at radius 3 is 2.67 bits per heavy atom. The molecule has 1 aromatic heterocycles. The average Bonchev–Trinajstić information content (AvgIpc) is 2.40. The van der Waals surface area contributed by atoms with Crippen molar-refractivity contribution >= 4 is 27.4 Å². The van der Waals surface area contributed by atoms with Crippen LogP contribution >= 0.6 is 15.9 Å². The summed E-state index contributed by atoms with van der Waals surface area (Å²) >= 11 is 3.08. The molecule has 21 heavy (non-hydrogen) atoms. The SMILES string of the molecule is N#Cc1cccc(Nc2ccc(Br)cc2OC(F)(F)F)n1. The third-order valence-corrected chi connectivity index (χ3v) is 2.79.